The van der Waals surface area contributed by atoms with Crippen LogP contribution in [0.15, 0.2) is 18.2 Å². The number of rotatable bonds is 5. The predicted octanol–water partition coefficient (Wildman–Crippen LogP) is 3.38. The summed E-state index contributed by atoms with van der Waals surface area (Å²) in [6.07, 6.45) is 0.879. The van der Waals surface area contributed by atoms with Crippen molar-refractivity contribution in [1.29, 1.82) is 0 Å². The fourth-order valence-electron chi connectivity index (χ4n) is 1.67. The van der Waals surface area contributed by atoms with E-state index in [0.29, 0.717) is 18.2 Å². The SMILES string of the molecule is CCc1ccc(Cl)cc1OCCNC(=O)NC(C)(C)C. The molecule has 0 bridgehead atoms. The van der Waals surface area contributed by atoms with Gasteiger partial charge >= 0.3 is 6.03 Å². The molecule has 20 heavy (non-hydrogen) atoms. The summed E-state index contributed by atoms with van der Waals surface area (Å²) in [6, 6.07) is 5.41. The fraction of sp³-hybridized carbons (Fsp3) is 0.533. The Bertz CT molecular complexity index is 456. The Labute approximate surface area is 125 Å². The highest BCUT2D eigenvalue weighted by Gasteiger charge is 2.12. The van der Waals surface area contributed by atoms with Gasteiger partial charge in [0.05, 0.1) is 6.54 Å². The van der Waals surface area contributed by atoms with E-state index in [2.05, 4.69) is 17.6 Å². The van der Waals surface area contributed by atoms with Crippen LogP contribution in [0.5, 0.6) is 5.75 Å². The van der Waals surface area contributed by atoms with Gasteiger partial charge in [0, 0.05) is 10.6 Å². The van der Waals surface area contributed by atoms with Gasteiger partial charge in [-0.1, -0.05) is 24.6 Å². The number of benzene rings is 1. The van der Waals surface area contributed by atoms with Gasteiger partial charge in [0.2, 0.25) is 0 Å². The molecule has 0 unspecified atom stereocenters. The third-order valence-corrected chi connectivity index (χ3v) is 2.78. The minimum Gasteiger partial charge on any atom is -0.491 e. The molecule has 0 atom stereocenters. The molecule has 1 aromatic rings. The lowest BCUT2D eigenvalue weighted by atomic mass is 10.1. The van der Waals surface area contributed by atoms with Crippen molar-refractivity contribution >= 4 is 17.6 Å². The van der Waals surface area contributed by atoms with Crippen LogP contribution in [0.4, 0.5) is 4.79 Å². The van der Waals surface area contributed by atoms with Gasteiger partial charge in [0.25, 0.3) is 0 Å². The number of amides is 2. The molecule has 0 aliphatic heterocycles. The number of hydrogen-bond acceptors (Lipinski definition) is 2. The second kappa shape index (κ2) is 7.39. The molecular formula is C15H23ClN2O2. The molecule has 0 fully saturated rings. The predicted molar refractivity (Wildman–Crippen MR) is 82.6 cm³/mol. The van der Waals surface area contributed by atoms with Gasteiger partial charge in [-0.15, -0.1) is 0 Å². The van der Waals surface area contributed by atoms with Crippen molar-refractivity contribution in [3.05, 3.63) is 28.8 Å². The molecule has 0 aliphatic rings. The Hall–Kier alpha value is -1.42. The van der Waals surface area contributed by atoms with Gasteiger partial charge in [-0.2, -0.15) is 0 Å². The van der Waals surface area contributed by atoms with Crippen molar-refractivity contribution in [2.45, 2.75) is 39.7 Å². The lowest BCUT2D eigenvalue weighted by molar-refractivity contribution is 0.228. The number of halogens is 1. The fourth-order valence-corrected chi connectivity index (χ4v) is 1.83. The van der Waals surface area contributed by atoms with Crippen LogP contribution in [0.2, 0.25) is 5.02 Å². The zero-order chi connectivity index (χ0) is 15.2. The Morgan fingerprint density at radius 3 is 2.65 bits per heavy atom. The van der Waals surface area contributed by atoms with E-state index >= 15 is 0 Å². The largest absolute Gasteiger partial charge is 0.491 e. The van der Waals surface area contributed by atoms with Crippen molar-refractivity contribution < 1.29 is 9.53 Å². The topological polar surface area (TPSA) is 50.4 Å². The van der Waals surface area contributed by atoms with E-state index < -0.39 is 0 Å². The number of ether oxygens (including phenoxy) is 1. The first-order valence-corrected chi connectivity index (χ1v) is 7.17. The van der Waals surface area contributed by atoms with E-state index in [1.807, 2.05) is 32.9 Å². The molecule has 1 rings (SSSR count). The van der Waals surface area contributed by atoms with E-state index in [1.165, 1.54) is 0 Å². The summed E-state index contributed by atoms with van der Waals surface area (Å²) < 4.78 is 5.66. The molecule has 5 heteroatoms. The van der Waals surface area contributed by atoms with Gasteiger partial charge in [-0.3, -0.25) is 0 Å². The normalized spacial score (nSPS) is 11.1. The zero-order valence-corrected chi connectivity index (χ0v) is 13.3. The highest BCUT2D eigenvalue weighted by molar-refractivity contribution is 6.30. The summed E-state index contributed by atoms with van der Waals surface area (Å²) in [6.45, 7) is 8.71. The second-order valence-electron chi connectivity index (χ2n) is 5.58. The molecule has 0 heterocycles. The third kappa shape index (κ3) is 6.15. The second-order valence-corrected chi connectivity index (χ2v) is 6.02. The summed E-state index contributed by atoms with van der Waals surface area (Å²) >= 11 is 5.95. The van der Waals surface area contributed by atoms with Crippen LogP contribution in [-0.4, -0.2) is 24.7 Å². The van der Waals surface area contributed by atoms with Crippen LogP contribution in [0.1, 0.15) is 33.3 Å². The molecule has 0 radical (unpaired) electrons. The van der Waals surface area contributed by atoms with Crippen LogP contribution in [-0.2, 0) is 6.42 Å². The van der Waals surface area contributed by atoms with E-state index in [0.717, 1.165) is 17.7 Å². The maximum Gasteiger partial charge on any atom is 0.315 e. The van der Waals surface area contributed by atoms with E-state index in [9.17, 15) is 4.79 Å². The van der Waals surface area contributed by atoms with Crippen molar-refractivity contribution in [2.75, 3.05) is 13.2 Å². The molecule has 0 spiro atoms. The number of carbonyl (C=O) groups excluding carboxylic acids is 1. The Kier molecular flexibility index (Phi) is 6.14. The van der Waals surface area contributed by atoms with Crippen LogP contribution < -0.4 is 15.4 Å². The van der Waals surface area contributed by atoms with Gasteiger partial charge in [-0.05, 0) is 44.9 Å². The molecule has 0 saturated heterocycles. The van der Waals surface area contributed by atoms with E-state index in [4.69, 9.17) is 16.3 Å². The molecule has 2 amide bonds. The van der Waals surface area contributed by atoms with E-state index in [1.54, 1.807) is 6.07 Å². The summed E-state index contributed by atoms with van der Waals surface area (Å²) in [5.74, 6) is 0.776. The van der Waals surface area contributed by atoms with Crippen LogP contribution in [0.3, 0.4) is 0 Å². The minimum absolute atomic E-state index is 0.192. The molecule has 4 nitrogen and oxygen atoms in total. The average Bonchev–Trinajstić information content (AvgIpc) is 2.33. The van der Waals surface area contributed by atoms with Gasteiger partial charge in [0.15, 0.2) is 0 Å². The molecule has 0 aliphatic carbocycles. The van der Waals surface area contributed by atoms with Crippen molar-refractivity contribution in [1.82, 2.24) is 10.6 Å². The zero-order valence-electron chi connectivity index (χ0n) is 12.5. The number of aryl methyl sites for hydroxylation is 1. The first kappa shape index (κ1) is 16.6. The lowest BCUT2D eigenvalue weighted by Crippen LogP contribution is -2.47. The van der Waals surface area contributed by atoms with Crippen LogP contribution in [0.25, 0.3) is 0 Å². The molecule has 112 valence electrons. The molecule has 1 aromatic carbocycles. The van der Waals surface area contributed by atoms with Crippen molar-refractivity contribution in [3.8, 4) is 5.75 Å². The standard InChI is InChI=1S/C15H23ClN2O2/c1-5-11-6-7-12(16)10-13(11)20-9-8-17-14(19)18-15(2,3)4/h6-7,10H,5,8-9H2,1-4H3,(H2,17,18,19). The van der Waals surface area contributed by atoms with Gasteiger partial charge in [0.1, 0.15) is 12.4 Å². The highest BCUT2D eigenvalue weighted by Crippen LogP contribution is 2.23. The van der Waals surface area contributed by atoms with Gasteiger partial charge < -0.3 is 15.4 Å². The maximum absolute atomic E-state index is 11.5. The van der Waals surface area contributed by atoms with Crippen LogP contribution in [0, 0.1) is 0 Å². The van der Waals surface area contributed by atoms with Crippen molar-refractivity contribution in [3.63, 3.8) is 0 Å². The number of nitrogens with one attached hydrogen (secondary N) is 2. The smallest absolute Gasteiger partial charge is 0.315 e. The summed E-state index contributed by atoms with van der Waals surface area (Å²) in [5.41, 5.74) is 0.862. The molecule has 0 saturated carbocycles. The van der Waals surface area contributed by atoms with Crippen molar-refractivity contribution in [2.24, 2.45) is 0 Å². The summed E-state index contributed by atoms with van der Waals surface area (Å²) in [4.78, 5) is 11.5. The number of urea groups is 1. The first-order chi connectivity index (χ1) is 9.31. The minimum atomic E-state index is -0.243. The number of hydrogen-bond donors (Lipinski definition) is 2. The molecule has 2 N–H and O–H groups in total. The third-order valence-electron chi connectivity index (χ3n) is 2.54. The first-order valence-electron chi connectivity index (χ1n) is 6.79. The Morgan fingerprint density at radius 2 is 2.05 bits per heavy atom. The number of carbonyl (C=O) groups is 1. The Balaban J connectivity index is 2.38. The average molecular weight is 299 g/mol. The quantitative estimate of drug-likeness (QED) is 0.819. The summed E-state index contributed by atoms with van der Waals surface area (Å²) in [7, 11) is 0. The highest BCUT2D eigenvalue weighted by atomic mass is 35.5. The van der Waals surface area contributed by atoms with Crippen LogP contribution >= 0.6 is 11.6 Å². The van der Waals surface area contributed by atoms with Gasteiger partial charge in [-0.25, -0.2) is 4.79 Å². The lowest BCUT2D eigenvalue weighted by Gasteiger charge is -2.20. The summed E-state index contributed by atoms with van der Waals surface area (Å²) in [5, 5.41) is 6.23. The monoisotopic (exact) mass is 298 g/mol. The molecule has 0 aromatic heterocycles. The van der Waals surface area contributed by atoms with E-state index in [-0.39, 0.29) is 11.6 Å². The maximum atomic E-state index is 11.5. The molecular weight excluding hydrogens is 276 g/mol. The Morgan fingerprint density at radius 1 is 1.35 bits per heavy atom.